The van der Waals surface area contributed by atoms with Gasteiger partial charge in [-0.05, 0) is 47.0 Å². The van der Waals surface area contributed by atoms with Gasteiger partial charge in [0.2, 0.25) is 6.33 Å². The van der Waals surface area contributed by atoms with Gasteiger partial charge in [-0.25, -0.2) is 0 Å². The van der Waals surface area contributed by atoms with Gasteiger partial charge in [-0.2, -0.15) is 0 Å². The summed E-state index contributed by atoms with van der Waals surface area (Å²) >= 11 is 0. The van der Waals surface area contributed by atoms with Gasteiger partial charge in [-0.3, -0.25) is 4.57 Å². The number of benzene rings is 1. The summed E-state index contributed by atoms with van der Waals surface area (Å²) in [6, 6.07) is 5.65. The number of aromatic nitrogens is 2. The van der Waals surface area contributed by atoms with Crippen molar-refractivity contribution in [1.29, 1.82) is 0 Å². The van der Waals surface area contributed by atoms with Gasteiger partial charge < -0.3 is 14.9 Å². The molecule has 1 aromatic carbocycles. The molecule has 0 saturated carbocycles. The van der Waals surface area contributed by atoms with Crippen LogP contribution in [0.4, 0.5) is 5.82 Å². The highest BCUT2D eigenvalue weighted by atomic mass is 16.6. The first-order chi connectivity index (χ1) is 8.47. The van der Waals surface area contributed by atoms with E-state index in [1.165, 1.54) is 10.9 Å². The molecule has 0 bridgehead atoms. The normalized spacial score (nSPS) is 10.4. The second-order valence-corrected chi connectivity index (χ2v) is 4.17. The van der Waals surface area contributed by atoms with Crippen LogP contribution < -0.4 is 4.74 Å². The molecular weight excluding hydrogens is 234 g/mol. The molecule has 2 aromatic rings. The van der Waals surface area contributed by atoms with Crippen LogP contribution in [0.15, 0.2) is 24.5 Å². The smallest absolute Gasteiger partial charge is 0.427 e. The number of imidazole rings is 1. The third-order valence-electron chi connectivity index (χ3n) is 2.45. The Bertz CT molecular complexity index is 584. The molecule has 1 heterocycles. The van der Waals surface area contributed by atoms with Gasteiger partial charge in [0, 0.05) is 7.05 Å². The Balaban J connectivity index is 2.39. The monoisotopic (exact) mass is 247 g/mol. The standard InChI is InChI=1S/C12H13N3O3/c1-8-4-9(2)6-10(5-8)18-12-11(15(16)17)13-7-14(12)3/h4-7H,1-3H3. The van der Waals surface area contributed by atoms with E-state index in [4.69, 9.17) is 4.74 Å². The maximum Gasteiger partial charge on any atom is 0.427 e. The molecule has 0 unspecified atom stereocenters. The van der Waals surface area contributed by atoms with Gasteiger partial charge in [0.15, 0.2) is 0 Å². The summed E-state index contributed by atoms with van der Waals surface area (Å²) < 4.78 is 7.04. The molecule has 0 aliphatic carbocycles. The van der Waals surface area contributed by atoms with Crippen LogP contribution in [-0.2, 0) is 7.05 Å². The zero-order chi connectivity index (χ0) is 13.3. The van der Waals surface area contributed by atoms with Crippen LogP contribution in [0, 0.1) is 24.0 Å². The van der Waals surface area contributed by atoms with Crippen LogP contribution in [0.25, 0.3) is 0 Å². The Morgan fingerprint density at radius 1 is 1.28 bits per heavy atom. The first kappa shape index (κ1) is 12.1. The third-order valence-corrected chi connectivity index (χ3v) is 2.45. The van der Waals surface area contributed by atoms with E-state index in [1.807, 2.05) is 32.0 Å². The van der Waals surface area contributed by atoms with Crippen molar-refractivity contribution >= 4 is 5.82 Å². The second kappa shape index (κ2) is 4.48. The molecule has 1 aromatic heterocycles. The average Bonchev–Trinajstić information content (AvgIpc) is 2.59. The van der Waals surface area contributed by atoms with E-state index < -0.39 is 4.92 Å². The molecule has 0 fully saturated rings. The molecular formula is C12H13N3O3. The molecule has 0 N–H and O–H groups in total. The Morgan fingerprint density at radius 2 is 1.89 bits per heavy atom. The summed E-state index contributed by atoms with van der Waals surface area (Å²) in [7, 11) is 1.65. The summed E-state index contributed by atoms with van der Waals surface area (Å²) in [6.07, 6.45) is 1.36. The summed E-state index contributed by atoms with van der Waals surface area (Å²) in [5.41, 5.74) is 2.07. The number of nitrogens with zero attached hydrogens (tertiary/aromatic N) is 3. The lowest BCUT2D eigenvalue weighted by atomic mass is 10.1. The van der Waals surface area contributed by atoms with Crippen LogP contribution in [0.3, 0.4) is 0 Å². The predicted octanol–water partition coefficient (Wildman–Crippen LogP) is 2.74. The van der Waals surface area contributed by atoms with E-state index >= 15 is 0 Å². The zero-order valence-corrected chi connectivity index (χ0v) is 10.4. The fourth-order valence-corrected chi connectivity index (χ4v) is 1.75. The topological polar surface area (TPSA) is 70.2 Å². The molecule has 2 rings (SSSR count). The van der Waals surface area contributed by atoms with E-state index in [-0.39, 0.29) is 11.7 Å². The minimum Gasteiger partial charge on any atom is -0.434 e. The van der Waals surface area contributed by atoms with Crippen molar-refractivity contribution in [2.75, 3.05) is 0 Å². The van der Waals surface area contributed by atoms with Gasteiger partial charge in [-0.15, -0.1) is 0 Å². The van der Waals surface area contributed by atoms with E-state index in [2.05, 4.69) is 4.98 Å². The average molecular weight is 247 g/mol. The highest BCUT2D eigenvalue weighted by Gasteiger charge is 2.22. The molecule has 0 amide bonds. The fourth-order valence-electron chi connectivity index (χ4n) is 1.75. The number of nitro groups is 1. The van der Waals surface area contributed by atoms with Crippen molar-refractivity contribution in [3.05, 3.63) is 45.8 Å². The molecule has 18 heavy (non-hydrogen) atoms. The van der Waals surface area contributed by atoms with Gasteiger partial charge >= 0.3 is 11.7 Å². The van der Waals surface area contributed by atoms with E-state index in [1.54, 1.807) is 7.05 Å². The Hall–Kier alpha value is -2.37. The summed E-state index contributed by atoms with van der Waals surface area (Å²) in [4.78, 5) is 13.9. The zero-order valence-electron chi connectivity index (χ0n) is 10.4. The molecule has 0 aliphatic heterocycles. The molecule has 0 spiro atoms. The number of hydrogen-bond acceptors (Lipinski definition) is 4. The van der Waals surface area contributed by atoms with Crippen LogP contribution in [0.5, 0.6) is 11.6 Å². The fraction of sp³-hybridized carbons (Fsp3) is 0.250. The molecule has 0 atom stereocenters. The SMILES string of the molecule is Cc1cc(C)cc(Oc2c([N+](=O)[O-])ncn2C)c1. The first-order valence-electron chi connectivity index (χ1n) is 5.39. The van der Waals surface area contributed by atoms with Gasteiger partial charge in [0.25, 0.3) is 0 Å². The second-order valence-electron chi connectivity index (χ2n) is 4.17. The largest absolute Gasteiger partial charge is 0.434 e. The Morgan fingerprint density at radius 3 is 2.44 bits per heavy atom. The lowest BCUT2D eigenvalue weighted by molar-refractivity contribution is -0.390. The van der Waals surface area contributed by atoms with Crippen molar-refractivity contribution in [3.8, 4) is 11.6 Å². The minimum atomic E-state index is -0.558. The van der Waals surface area contributed by atoms with Crippen LogP contribution >= 0.6 is 0 Å². The number of ether oxygens (including phenoxy) is 1. The maximum atomic E-state index is 10.8. The van der Waals surface area contributed by atoms with Crippen LogP contribution in [0.1, 0.15) is 11.1 Å². The van der Waals surface area contributed by atoms with Gasteiger partial charge in [0.05, 0.1) is 0 Å². The highest BCUT2D eigenvalue weighted by Crippen LogP contribution is 2.30. The number of hydrogen-bond donors (Lipinski definition) is 0. The van der Waals surface area contributed by atoms with Crippen molar-refractivity contribution in [1.82, 2.24) is 9.55 Å². The first-order valence-corrected chi connectivity index (χ1v) is 5.39. The number of aryl methyl sites for hydroxylation is 3. The quantitative estimate of drug-likeness (QED) is 0.617. The van der Waals surface area contributed by atoms with E-state index in [9.17, 15) is 10.1 Å². The van der Waals surface area contributed by atoms with Crippen molar-refractivity contribution in [2.45, 2.75) is 13.8 Å². The highest BCUT2D eigenvalue weighted by molar-refractivity contribution is 5.40. The molecule has 0 saturated heterocycles. The molecule has 0 aliphatic rings. The van der Waals surface area contributed by atoms with E-state index in [0.29, 0.717) is 5.75 Å². The summed E-state index contributed by atoms with van der Waals surface area (Å²) in [5, 5.41) is 10.8. The lowest BCUT2D eigenvalue weighted by Crippen LogP contribution is -1.97. The molecule has 0 radical (unpaired) electrons. The van der Waals surface area contributed by atoms with Crippen molar-refractivity contribution < 1.29 is 9.66 Å². The third kappa shape index (κ3) is 2.32. The Labute approximate surface area is 104 Å². The number of rotatable bonds is 3. The van der Waals surface area contributed by atoms with Gasteiger partial charge in [0.1, 0.15) is 5.75 Å². The maximum absolute atomic E-state index is 10.8. The van der Waals surface area contributed by atoms with Crippen LogP contribution in [0.2, 0.25) is 0 Å². The lowest BCUT2D eigenvalue weighted by Gasteiger charge is -2.07. The van der Waals surface area contributed by atoms with Crippen LogP contribution in [-0.4, -0.2) is 14.5 Å². The van der Waals surface area contributed by atoms with Crippen molar-refractivity contribution in [2.24, 2.45) is 7.05 Å². The Kier molecular flexibility index (Phi) is 3.01. The molecule has 94 valence electrons. The molecule has 6 nitrogen and oxygen atoms in total. The molecule has 6 heteroatoms. The summed E-state index contributed by atoms with van der Waals surface area (Å²) in [5.74, 6) is 0.417. The predicted molar refractivity (Wildman–Crippen MR) is 65.9 cm³/mol. The minimum absolute atomic E-state index is 0.130. The van der Waals surface area contributed by atoms with E-state index in [0.717, 1.165) is 11.1 Å². The summed E-state index contributed by atoms with van der Waals surface area (Å²) in [6.45, 7) is 3.88. The van der Waals surface area contributed by atoms with Crippen molar-refractivity contribution in [3.63, 3.8) is 0 Å². The van der Waals surface area contributed by atoms with Gasteiger partial charge in [-0.1, -0.05) is 6.07 Å².